The van der Waals surface area contributed by atoms with Crippen LogP contribution in [0.5, 0.6) is 0 Å². The van der Waals surface area contributed by atoms with Crippen molar-refractivity contribution < 1.29 is 29.6 Å². The Morgan fingerprint density at radius 2 is 1.48 bits per heavy atom. The van der Waals surface area contributed by atoms with Gasteiger partial charge in [-0.2, -0.15) is 0 Å². The lowest BCUT2D eigenvalue weighted by molar-refractivity contribution is -0.127. The zero-order chi connectivity index (χ0) is 22.5. The molecule has 1 aliphatic heterocycles. The Kier molecular flexibility index (Phi) is 20.9. The van der Waals surface area contributed by atoms with E-state index < -0.39 is 5.92 Å². The number of hydrazine groups is 1. The van der Waals surface area contributed by atoms with Crippen molar-refractivity contribution in [3.63, 3.8) is 0 Å². The second-order valence-electron chi connectivity index (χ2n) is 5.72. The minimum Gasteiger partial charge on any atom is -0.397 e. The van der Waals surface area contributed by atoms with Crippen LogP contribution in [0, 0.1) is 5.92 Å². The molecule has 1 aromatic carbocycles. The Labute approximate surface area is 174 Å². The van der Waals surface area contributed by atoms with E-state index in [4.69, 9.17) is 20.1 Å². The quantitative estimate of drug-likeness (QED) is 0.506. The third kappa shape index (κ3) is 13.8. The molecule has 0 radical (unpaired) electrons. The molecule has 2 amide bonds. The van der Waals surface area contributed by atoms with E-state index in [1.165, 1.54) is 5.01 Å². The molecule has 1 atom stereocenters. The summed E-state index contributed by atoms with van der Waals surface area (Å²) in [4.78, 5) is 23.8. The number of carbonyl (C=O) groups is 2. The minimum atomic E-state index is -0.518. The number of unbranched alkanes of at least 4 members (excludes halogenated alkanes) is 1. The predicted octanol–water partition coefficient (Wildman–Crippen LogP) is 1.88. The lowest BCUT2D eigenvalue weighted by Crippen LogP contribution is -2.35. The van der Waals surface area contributed by atoms with Gasteiger partial charge in [0, 0.05) is 19.8 Å². The van der Waals surface area contributed by atoms with Crippen molar-refractivity contribution in [1.29, 1.82) is 0 Å². The SMILES string of the molecule is CCCCC1C(=O)NN(c2ccccc2)C1=O.CCO.CCOCC.OCCO. The van der Waals surface area contributed by atoms with Gasteiger partial charge in [-0.3, -0.25) is 15.0 Å². The molecular weight excluding hydrogens is 376 g/mol. The fourth-order valence-electron chi connectivity index (χ4n) is 2.15. The van der Waals surface area contributed by atoms with E-state index in [9.17, 15) is 9.59 Å². The molecule has 1 heterocycles. The molecule has 1 fully saturated rings. The van der Waals surface area contributed by atoms with Crippen molar-refractivity contribution in [3.8, 4) is 0 Å². The van der Waals surface area contributed by atoms with Crippen LogP contribution in [0.4, 0.5) is 5.69 Å². The molecule has 2 rings (SSSR count). The average Bonchev–Trinajstić information content (AvgIpc) is 3.02. The van der Waals surface area contributed by atoms with Crippen molar-refractivity contribution in [2.24, 2.45) is 5.92 Å². The Balaban J connectivity index is 0. The van der Waals surface area contributed by atoms with Gasteiger partial charge in [0.15, 0.2) is 0 Å². The first-order chi connectivity index (χ1) is 14.0. The second kappa shape index (κ2) is 20.7. The molecule has 168 valence electrons. The Morgan fingerprint density at radius 1 is 0.966 bits per heavy atom. The van der Waals surface area contributed by atoms with Crippen molar-refractivity contribution in [3.05, 3.63) is 30.3 Å². The zero-order valence-electron chi connectivity index (χ0n) is 18.1. The van der Waals surface area contributed by atoms with Crippen LogP contribution in [0.2, 0.25) is 0 Å². The van der Waals surface area contributed by atoms with Gasteiger partial charge >= 0.3 is 0 Å². The predicted molar refractivity (Wildman–Crippen MR) is 114 cm³/mol. The number of ether oxygens (including phenoxy) is 1. The fraction of sp³-hybridized carbons (Fsp3) is 0.619. The largest absolute Gasteiger partial charge is 0.397 e. The normalized spacial score (nSPS) is 14.6. The molecule has 0 aliphatic carbocycles. The summed E-state index contributed by atoms with van der Waals surface area (Å²) >= 11 is 0. The van der Waals surface area contributed by atoms with Crippen LogP contribution >= 0.6 is 0 Å². The molecular formula is C21H38N2O6. The van der Waals surface area contributed by atoms with Gasteiger partial charge in [0.25, 0.3) is 11.8 Å². The third-order valence-electron chi connectivity index (χ3n) is 3.43. The number of aliphatic hydroxyl groups excluding tert-OH is 3. The lowest BCUT2D eigenvalue weighted by Gasteiger charge is -2.14. The molecule has 1 saturated heterocycles. The van der Waals surface area contributed by atoms with E-state index in [0.717, 1.165) is 26.1 Å². The number of anilines is 1. The van der Waals surface area contributed by atoms with E-state index in [0.29, 0.717) is 12.1 Å². The number of benzene rings is 1. The standard InChI is InChI=1S/C13H16N2O2.C4H10O.C2H6O2.C2H6O/c1-2-3-9-11-12(16)14-15(13(11)17)10-7-5-4-6-8-10;1-3-5-4-2;3-1-2-4;1-2-3/h4-8,11H,2-3,9H2,1H3,(H,14,16);3-4H2,1-2H3;3-4H,1-2H2;3H,2H2,1H3. The van der Waals surface area contributed by atoms with E-state index in [-0.39, 0.29) is 31.6 Å². The number of hydrogen-bond donors (Lipinski definition) is 4. The van der Waals surface area contributed by atoms with Crippen molar-refractivity contribution >= 4 is 17.5 Å². The fourth-order valence-corrected chi connectivity index (χ4v) is 2.15. The highest BCUT2D eigenvalue weighted by Gasteiger charge is 2.39. The highest BCUT2D eigenvalue weighted by atomic mass is 16.5. The number of rotatable bonds is 7. The zero-order valence-corrected chi connectivity index (χ0v) is 18.1. The van der Waals surface area contributed by atoms with Crippen molar-refractivity contribution in [1.82, 2.24) is 5.43 Å². The number of carbonyl (C=O) groups excluding carboxylic acids is 2. The van der Waals surface area contributed by atoms with Crippen LogP contribution in [0.1, 0.15) is 47.0 Å². The van der Waals surface area contributed by atoms with Crippen molar-refractivity contribution in [2.75, 3.05) is 38.0 Å². The summed E-state index contributed by atoms with van der Waals surface area (Å²) in [5.41, 5.74) is 3.34. The van der Waals surface area contributed by atoms with Crippen LogP contribution in [0.15, 0.2) is 30.3 Å². The molecule has 1 unspecified atom stereocenters. The van der Waals surface area contributed by atoms with Gasteiger partial charge < -0.3 is 20.1 Å². The first-order valence-electron chi connectivity index (χ1n) is 10.1. The third-order valence-corrected chi connectivity index (χ3v) is 3.43. The monoisotopic (exact) mass is 414 g/mol. The maximum absolute atomic E-state index is 12.1. The number of nitrogens with one attached hydrogen (secondary N) is 1. The Morgan fingerprint density at radius 3 is 1.86 bits per heavy atom. The van der Waals surface area contributed by atoms with E-state index in [1.807, 2.05) is 39.0 Å². The molecule has 0 spiro atoms. The topological polar surface area (TPSA) is 119 Å². The van der Waals surface area contributed by atoms with Crippen LogP contribution < -0.4 is 10.4 Å². The first kappa shape index (κ1) is 29.2. The van der Waals surface area contributed by atoms with Crippen LogP contribution in [0.25, 0.3) is 0 Å². The van der Waals surface area contributed by atoms with Crippen molar-refractivity contribution in [2.45, 2.75) is 47.0 Å². The average molecular weight is 415 g/mol. The minimum absolute atomic E-state index is 0.125. The van der Waals surface area contributed by atoms with Gasteiger partial charge in [-0.25, -0.2) is 5.01 Å². The number of aliphatic hydroxyl groups is 3. The lowest BCUT2D eigenvalue weighted by atomic mass is 10.0. The van der Waals surface area contributed by atoms with Gasteiger partial charge in [0.1, 0.15) is 5.92 Å². The van der Waals surface area contributed by atoms with Gasteiger partial charge in [0.2, 0.25) is 0 Å². The molecule has 1 aliphatic rings. The van der Waals surface area contributed by atoms with Crippen LogP contribution in [-0.2, 0) is 14.3 Å². The molecule has 8 heteroatoms. The van der Waals surface area contributed by atoms with E-state index in [1.54, 1.807) is 19.1 Å². The maximum atomic E-state index is 12.1. The molecule has 8 nitrogen and oxygen atoms in total. The summed E-state index contributed by atoms with van der Waals surface area (Å²) in [5, 5.41) is 24.2. The number of amides is 2. The van der Waals surface area contributed by atoms with E-state index in [2.05, 4.69) is 5.43 Å². The van der Waals surface area contributed by atoms with Crippen LogP contribution in [-0.4, -0.2) is 60.2 Å². The molecule has 0 saturated carbocycles. The first-order valence-corrected chi connectivity index (χ1v) is 10.1. The molecule has 0 bridgehead atoms. The van der Waals surface area contributed by atoms with Gasteiger partial charge in [-0.15, -0.1) is 0 Å². The molecule has 4 N–H and O–H groups in total. The van der Waals surface area contributed by atoms with Gasteiger partial charge in [0.05, 0.1) is 18.9 Å². The van der Waals surface area contributed by atoms with E-state index >= 15 is 0 Å². The summed E-state index contributed by atoms with van der Waals surface area (Å²) < 4.78 is 4.83. The highest BCUT2D eigenvalue weighted by Crippen LogP contribution is 2.22. The second-order valence-corrected chi connectivity index (χ2v) is 5.72. The Bertz CT molecular complexity index is 509. The Hall–Kier alpha value is -2.00. The van der Waals surface area contributed by atoms with Gasteiger partial charge in [-0.05, 0) is 39.3 Å². The van der Waals surface area contributed by atoms with Crippen LogP contribution in [0.3, 0.4) is 0 Å². The summed E-state index contributed by atoms with van der Waals surface area (Å²) in [6.45, 7) is 9.40. The summed E-state index contributed by atoms with van der Waals surface area (Å²) in [7, 11) is 0. The molecule has 1 aromatic rings. The maximum Gasteiger partial charge on any atom is 0.258 e. The number of para-hydroxylation sites is 1. The summed E-state index contributed by atoms with van der Waals surface area (Å²) in [6.07, 6.45) is 2.51. The highest BCUT2D eigenvalue weighted by molar-refractivity contribution is 6.14. The molecule has 29 heavy (non-hydrogen) atoms. The number of hydrogen-bond acceptors (Lipinski definition) is 6. The summed E-state index contributed by atoms with van der Waals surface area (Å²) in [6, 6.07) is 9.17. The van der Waals surface area contributed by atoms with Gasteiger partial charge in [-0.1, -0.05) is 38.0 Å². The molecule has 0 aromatic heterocycles. The summed E-state index contributed by atoms with van der Waals surface area (Å²) in [5.74, 6) is -0.850. The smallest absolute Gasteiger partial charge is 0.258 e. The number of nitrogens with zero attached hydrogens (tertiary/aromatic N) is 1.